The molecule has 68 valence electrons. The Kier molecular flexibility index (Phi) is 4.96. The molecule has 0 amide bonds. The van der Waals surface area contributed by atoms with E-state index in [2.05, 4.69) is 4.74 Å². The minimum atomic E-state index is -0.561. The van der Waals surface area contributed by atoms with Crippen molar-refractivity contribution in [1.82, 2.24) is 0 Å². The summed E-state index contributed by atoms with van der Waals surface area (Å²) in [5.74, 6) is -0.561. The fourth-order valence-electron chi connectivity index (χ4n) is 0.496. The highest BCUT2D eigenvalue weighted by Gasteiger charge is 2.07. The zero-order valence-corrected chi connectivity index (χ0v) is 7.16. The summed E-state index contributed by atoms with van der Waals surface area (Å²) in [5, 5.41) is 8.33. The van der Waals surface area contributed by atoms with E-state index in [1.54, 1.807) is 0 Å². The first kappa shape index (κ1) is 10.8. The van der Waals surface area contributed by atoms with Gasteiger partial charge >= 0.3 is 5.97 Å². The molecule has 0 atom stereocenters. The van der Waals surface area contributed by atoms with E-state index in [9.17, 15) is 9.59 Å². The Morgan fingerprint density at radius 3 is 2.50 bits per heavy atom. The highest BCUT2D eigenvalue weighted by Crippen LogP contribution is 2.02. The van der Waals surface area contributed by atoms with Crippen LogP contribution in [0.5, 0.6) is 0 Å². The number of aliphatic hydroxyl groups is 1. The van der Waals surface area contributed by atoms with Gasteiger partial charge in [0.25, 0.3) is 0 Å². The van der Waals surface area contributed by atoms with Gasteiger partial charge in [0, 0.05) is 5.57 Å². The van der Waals surface area contributed by atoms with Crippen molar-refractivity contribution in [3.63, 3.8) is 0 Å². The van der Waals surface area contributed by atoms with E-state index in [4.69, 9.17) is 5.11 Å². The van der Waals surface area contributed by atoms with Crippen molar-refractivity contribution in [2.24, 2.45) is 0 Å². The van der Waals surface area contributed by atoms with E-state index in [1.165, 1.54) is 13.8 Å². The van der Waals surface area contributed by atoms with Gasteiger partial charge < -0.3 is 9.84 Å². The molecule has 0 heterocycles. The molecule has 4 nitrogen and oxygen atoms in total. The average Bonchev–Trinajstić information content (AvgIpc) is 2.11. The van der Waals surface area contributed by atoms with E-state index in [0.717, 1.165) is 0 Å². The van der Waals surface area contributed by atoms with Crippen LogP contribution in [0.3, 0.4) is 0 Å². The van der Waals surface area contributed by atoms with Crippen LogP contribution < -0.4 is 0 Å². The largest absolute Gasteiger partial charge is 0.460 e. The maximum atomic E-state index is 11.0. The molecule has 0 spiro atoms. The van der Waals surface area contributed by atoms with E-state index in [-0.39, 0.29) is 18.8 Å². The maximum Gasteiger partial charge on any atom is 0.334 e. The second-order valence-electron chi connectivity index (χ2n) is 2.29. The summed E-state index contributed by atoms with van der Waals surface area (Å²) in [7, 11) is 0. The zero-order chi connectivity index (χ0) is 9.56. The standard InChI is InChI=1S/C8H12O4/c1-6(5-10)7(2)8(11)12-4-3-9/h5,9H,3-4H2,1-2H3. The molecule has 0 radical (unpaired) electrons. The maximum absolute atomic E-state index is 11.0. The third kappa shape index (κ3) is 3.30. The second-order valence-corrected chi connectivity index (χ2v) is 2.29. The van der Waals surface area contributed by atoms with Crippen LogP contribution in [0.2, 0.25) is 0 Å². The molecular formula is C8H12O4. The quantitative estimate of drug-likeness (QED) is 0.370. The number of carbonyl (C=O) groups excluding carboxylic acids is 2. The van der Waals surface area contributed by atoms with Crippen molar-refractivity contribution in [2.75, 3.05) is 13.2 Å². The molecule has 0 aromatic rings. The molecule has 0 aliphatic rings. The highest BCUT2D eigenvalue weighted by molar-refractivity contribution is 5.94. The SMILES string of the molecule is CC(C=O)=C(C)C(=O)OCCO. The average molecular weight is 172 g/mol. The Morgan fingerprint density at radius 2 is 2.08 bits per heavy atom. The summed E-state index contributed by atoms with van der Waals surface area (Å²) in [6.45, 7) is 2.79. The first-order valence-corrected chi connectivity index (χ1v) is 3.54. The van der Waals surface area contributed by atoms with E-state index in [1.807, 2.05) is 0 Å². The van der Waals surface area contributed by atoms with Gasteiger partial charge in [0.05, 0.1) is 6.61 Å². The molecule has 0 fully saturated rings. The lowest BCUT2D eigenvalue weighted by molar-refractivity contribution is -0.140. The Bertz CT molecular complexity index is 205. The van der Waals surface area contributed by atoms with Crippen LogP contribution in [0, 0.1) is 0 Å². The number of allylic oxidation sites excluding steroid dienone is 1. The van der Waals surface area contributed by atoms with Crippen LogP contribution in [-0.4, -0.2) is 30.6 Å². The zero-order valence-electron chi connectivity index (χ0n) is 7.16. The van der Waals surface area contributed by atoms with E-state index < -0.39 is 5.97 Å². The summed E-state index contributed by atoms with van der Waals surface area (Å²) in [4.78, 5) is 21.2. The Morgan fingerprint density at radius 1 is 1.50 bits per heavy atom. The molecule has 0 rings (SSSR count). The summed E-state index contributed by atoms with van der Waals surface area (Å²) < 4.78 is 4.57. The normalized spacial score (nSPS) is 11.9. The number of carbonyl (C=O) groups is 2. The third-order valence-corrected chi connectivity index (χ3v) is 1.40. The van der Waals surface area contributed by atoms with Gasteiger partial charge in [-0.3, -0.25) is 4.79 Å². The van der Waals surface area contributed by atoms with Gasteiger partial charge in [-0.2, -0.15) is 0 Å². The van der Waals surface area contributed by atoms with Crippen LogP contribution in [0.15, 0.2) is 11.1 Å². The molecule has 0 aromatic carbocycles. The topological polar surface area (TPSA) is 63.6 Å². The van der Waals surface area contributed by atoms with Crippen molar-refractivity contribution in [2.45, 2.75) is 13.8 Å². The summed E-state index contributed by atoms with van der Waals surface area (Å²) in [6.07, 6.45) is 0.593. The van der Waals surface area contributed by atoms with E-state index >= 15 is 0 Å². The molecule has 0 unspecified atom stereocenters. The lowest BCUT2D eigenvalue weighted by Crippen LogP contribution is -2.10. The van der Waals surface area contributed by atoms with Crippen LogP contribution in [-0.2, 0) is 14.3 Å². The van der Waals surface area contributed by atoms with Gasteiger partial charge in [-0.05, 0) is 19.4 Å². The first-order valence-electron chi connectivity index (χ1n) is 3.54. The molecule has 0 aliphatic heterocycles. The van der Waals surface area contributed by atoms with Gasteiger partial charge in [-0.15, -0.1) is 0 Å². The fourth-order valence-corrected chi connectivity index (χ4v) is 0.496. The molecule has 0 aliphatic carbocycles. The predicted molar refractivity (Wildman–Crippen MR) is 42.5 cm³/mol. The monoisotopic (exact) mass is 172 g/mol. The number of hydrogen-bond acceptors (Lipinski definition) is 4. The van der Waals surface area contributed by atoms with Crippen molar-refractivity contribution < 1.29 is 19.4 Å². The Hall–Kier alpha value is -1.16. The smallest absolute Gasteiger partial charge is 0.334 e. The fraction of sp³-hybridized carbons (Fsp3) is 0.500. The summed E-state index contributed by atoms with van der Waals surface area (Å²) in [6, 6.07) is 0. The van der Waals surface area contributed by atoms with Gasteiger partial charge in [-0.1, -0.05) is 0 Å². The summed E-state index contributed by atoms with van der Waals surface area (Å²) in [5.41, 5.74) is 0.622. The number of aliphatic hydroxyl groups excluding tert-OH is 1. The van der Waals surface area contributed by atoms with Crippen LogP contribution in [0.4, 0.5) is 0 Å². The molecule has 12 heavy (non-hydrogen) atoms. The van der Waals surface area contributed by atoms with Gasteiger partial charge in [-0.25, -0.2) is 4.79 Å². The molecule has 1 N–H and O–H groups in total. The number of hydrogen-bond donors (Lipinski definition) is 1. The van der Waals surface area contributed by atoms with Gasteiger partial charge in [0.1, 0.15) is 12.9 Å². The molecule has 4 heteroatoms. The van der Waals surface area contributed by atoms with Crippen molar-refractivity contribution in [1.29, 1.82) is 0 Å². The first-order chi connectivity index (χ1) is 5.63. The molecule has 0 bridgehead atoms. The lowest BCUT2D eigenvalue weighted by atomic mass is 10.2. The van der Waals surface area contributed by atoms with Gasteiger partial charge in [0.15, 0.2) is 0 Å². The highest BCUT2D eigenvalue weighted by atomic mass is 16.5. The predicted octanol–water partition coefficient (Wildman–Crippen LogP) is 0.0572. The van der Waals surface area contributed by atoms with Crippen LogP contribution in [0.1, 0.15) is 13.8 Å². The number of ether oxygens (including phenoxy) is 1. The Balaban J connectivity index is 4.18. The van der Waals surface area contributed by atoms with E-state index in [0.29, 0.717) is 11.9 Å². The van der Waals surface area contributed by atoms with Crippen molar-refractivity contribution in [3.8, 4) is 0 Å². The minimum Gasteiger partial charge on any atom is -0.460 e. The molecule has 0 aromatic heterocycles. The van der Waals surface area contributed by atoms with Gasteiger partial charge in [0.2, 0.25) is 0 Å². The molecular weight excluding hydrogens is 160 g/mol. The minimum absolute atomic E-state index is 0.0394. The molecule has 0 saturated carbocycles. The number of aldehydes is 1. The van der Waals surface area contributed by atoms with Crippen molar-refractivity contribution >= 4 is 12.3 Å². The van der Waals surface area contributed by atoms with Crippen molar-refractivity contribution in [3.05, 3.63) is 11.1 Å². The summed E-state index contributed by atoms with van der Waals surface area (Å²) >= 11 is 0. The Labute approximate surface area is 70.8 Å². The lowest BCUT2D eigenvalue weighted by Gasteiger charge is -2.02. The van der Waals surface area contributed by atoms with Crippen LogP contribution >= 0.6 is 0 Å². The van der Waals surface area contributed by atoms with Crippen LogP contribution in [0.25, 0.3) is 0 Å². The second kappa shape index (κ2) is 5.49. The third-order valence-electron chi connectivity index (χ3n) is 1.40. The molecule has 0 saturated heterocycles. The number of rotatable bonds is 4. The number of esters is 1.